The number of nitrogens with two attached hydrogens (primary N) is 1. The van der Waals surface area contributed by atoms with Gasteiger partial charge in [-0.3, -0.25) is 14.7 Å². The van der Waals surface area contributed by atoms with E-state index in [1.807, 2.05) is 0 Å². The summed E-state index contributed by atoms with van der Waals surface area (Å²) in [5.41, 5.74) is 8.05. The summed E-state index contributed by atoms with van der Waals surface area (Å²) < 4.78 is 25.6. The summed E-state index contributed by atoms with van der Waals surface area (Å²) in [4.78, 5) is 22.2. The number of nitrogens with zero attached hydrogens (tertiary/aromatic N) is 3. The number of pyridine rings is 2. The van der Waals surface area contributed by atoms with Gasteiger partial charge < -0.3 is 11.1 Å². The van der Waals surface area contributed by atoms with Gasteiger partial charge in [0.1, 0.15) is 11.2 Å². The highest BCUT2D eigenvalue weighted by Crippen LogP contribution is 2.28. The molecule has 0 radical (unpaired) electrons. The van der Waals surface area contributed by atoms with Crippen LogP contribution in [0.4, 0.5) is 11.5 Å². The summed E-state index contributed by atoms with van der Waals surface area (Å²) >= 11 is 0. The van der Waals surface area contributed by atoms with Gasteiger partial charge in [0.05, 0.1) is 16.1 Å². The lowest BCUT2D eigenvalue weighted by Crippen LogP contribution is -2.33. The molecule has 0 saturated heterocycles. The lowest BCUT2D eigenvalue weighted by molar-refractivity contribution is 0.102. The highest BCUT2D eigenvalue weighted by atomic mass is 32.2. The summed E-state index contributed by atoms with van der Waals surface area (Å²) in [7, 11) is -0.241. The fourth-order valence-corrected chi connectivity index (χ4v) is 4.62. The monoisotopic (exact) mass is 437 g/mol. The van der Waals surface area contributed by atoms with E-state index in [-0.39, 0.29) is 16.6 Å². The Morgan fingerprint density at radius 1 is 1.16 bits per heavy atom. The van der Waals surface area contributed by atoms with Crippen LogP contribution in [0.5, 0.6) is 0 Å². The highest BCUT2D eigenvalue weighted by molar-refractivity contribution is 7.92. The zero-order valence-electron chi connectivity index (χ0n) is 17.2. The Morgan fingerprint density at radius 2 is 1.87 bits per heavy atom. The number of carbonyl (C=O) groups is 1. The van der Waals surface area contributed by atoms with Gasteiger partial charge in [0, 0.05) is 24.2 Å². The molecule has 8 nitrogen and oxygen atoms in total. The maximum absolute atomic E-state index is 12.8. The first-order chi connectivity index (χ1) is 14.7. The second-order valence-corrected chi connectivity index (χ2v) is 9.06. The predicted octanol–water partition coefficient (Wildman–Crippen LogP) is 2.83. The molecule has 3 rings (SSSR count). The Kier molecular flexibility index (Phi) is 6.47. The van der Waals surface area contributed by atoms with Crippen LogP contribution in [0.25, 0.3) is 11.1 Å². The molecule has 0 aliphatic heterocycles. The molecule has 9 heteroatoms. The molecule has 1 amide bonds. The first-order valence-corrected chi connectivity index (χ1v) is 10.9. The molecular weight excluding hydrogens is 414 g/mol. The molecule has 0 aliphatic rings. The molecule has 0 saturated carbocycles. The number of benzene rings is 1. The summed E-state index contributed by atoms with van der Waals surface area (Å²) in [5.74, 6) is -0.195. The molecule has 1 aromatic carbocycles. The van der Waals surface area contributed by atoms with Gasteiger partial charge in [-0.2, -0.15) is 0 Å². The fourth-order valence-electron chi connectivity index (χ4n) is 3.02. The van der Waals surface area contributed by atoms with E-state index in [2.05, 4.69) is 21.9 Å². The minimum Gasteiger partial charge on any atom is -0.382 e. The summed E-state index contributed by atoms with van der Waals surface area (Å²) in [5, 5.41) is 1.90. The van der Waals surface area contributed by atoms with Crippen LogP contribution in [0.2, 0.25) is 0 Å². The third kappa shape index (κ3) is 4.79. The third-order valence-electron chi connectivity index (χ3n) is 4.64. The molecule has 1 unspecified atom stereocenters. The van der Waals surface area contributed by atoms with Crippen molar-refractivity contribution in [1.29, 1.82) is 0 Å². The topological polar surface area (TPSA) is 118 Å². The summed E-state index contributed by atoms with van der Waals surface area (Å²) in [6, 6.07) is 11.4. The molecule has 1 atom stereocenters. The number of nitrogens with one attached hydrogen (secondary N) is 1. The van der Waals surface area contributed by atoms with Gasteiger partial charge in [0.2, 0.25) is 0 Å². The number of rotatable bonds is 7. The highest BCUT2D eigenvalue weighted by Gasteiger charge is 2.26. The van der Waals surface area contributed by atoms with Gasteiger partial charge in [0.15, 0.2) is 9.84 Å². The SMILES string of the molecule is C=CC(N(C)C)S(=O)(=O)c1ccc(-c2cnc(N)c(NC(=O)c3cccnc3)c2)cc1. The van der Waals surface area contributed by atoms with Crippen LogP contribution in [-0.2, 0) is 9.84 Å². The van der Waals surface area contributed by atoms with E-state index < -0.39 is 15.2 Å². The minimum atomic E-state index is -3.60. The molecule has 2 heterocycles. The van der Waals surface area contributed by atoms with Gasteiger partial charge in [-0.15, -0.1) is 6.58 Å². The average Bonchev–Trinajstić information content (AvgIpc) is 2.76. The van der Waals surface area contributed by atoms with Crippen molar-refractivity contribution in [3.05, 3.63) is 79.3 Å². The number of carbonyl (C=O) groups excluding carboxylic acids is 1. The minimum absolute atomic E-state index is 0.167. The zero-order valence-corrected chi connectivity index (χ0v) is 18.0. The standard InChI is InChI=1S/C22H23N5O3S/c1-4-20(27(2)3)31(29,30)18-9-7-15(8-10-18)17-12-19(21(23)25-14-17)26-22(28)16-6-5-11-24-13-16/h4-14,20H,1H2,2-3H3,(H2,23,25)(H,26,28). The van der Waals surface area contributed by atoms with Crippen molar-refractivity contribution in [3.63, 3.8) is 0 Å². The van der Waals surface area contributed by atoms with E-state index in [4.69, 9.17) is 5.73 Å². The number of amides is 1. The van der Waals surface area contributed by atoms with Crippen molar-refractivity contribution in [2.75, 3.05) is 25.1 Å². The maximum atomic E-state index is 12.8. The number of likely N-dealkylation sites (N-methyl/N-ethyl adjacent to an activating group) is 1. The third-order valence-corrected chi connectivity index (χ3v) is 6.81. The number of anilines is 2. The Hall–Kier alpha value is -3.56. The van der Waals surface area contributed by atoms with Crippen LogP contribution in [0.3, 0.4) is 0 Å². The van der Waals surface area contributed by atoms with Gasteiger partial charge in [-0.25, -0.2) is 13.4 Å². The zero-order chi connectivity index (χ0) is 22.6. The fraction of sp³-hybridized carbons (Fsp3) is 0.136. The molecule has 0 aliphatic carbocycles. The Balaban J connectivity index is 1.88. The molecule has 0 spiro atoms. The quantitative estimate of drug-likeness (QED) is 0.546. The number of nitrogen functional groups attached to an aromatic ring is 1. The van der Waals surface area contributed by atoms with Crippen molar-refractivity contribution in [3.8, 4) is 11.1 Å². The van der Waals surface area contributed by atoms with Gasteiger partial charge in [0.25, 0.3) is 5.91 Å². The molecule has 31 heavy (non-hydrogen) atoms. The molecular formula is C22H23N5O3S. The lowest BCUT2D eigenvalue weighted by atomic mass is 10.1. The number of sulfone groups is 1. The van der Waals surface area contributed by atoms with Crippen LogP contribution >= 0.6 is 0 Å². The average molecular weight is 438 g/mol. The van der Waals surface area contributed by atoms with Crippen LogP contribution in [0, 0.1) is 0 Å². The molecule has 0 fully saturated rings. The van der Waals surface area contributed by atoms with Crippen LogP contribution in [-0.4, -0.2) is 48.7 Å². The predicted molar refractivity (Wildman–Crippen MR) is 121 cm³/mol. The maximum Gasteiger partial charge on any atom is 0.257 e. The van der Waals surface area contributed by atoms with E-state index in [1.54, 1.807) is 61.7 Å². The van der Waals surface area contributed by atoms with Crippen LogP contribution in [0.15, 0.2) is 78.6 Å². The molecule has 3 N–H and O–H groups in total. The van der Waals surface area contributed by atoms with Gasteiger partial charge in [-0.1, -0.05) is 18.2 Å². The summed E-state index contributed by atoms with van der Waals surface area (Å²) in [6.45, 7) is 3.62. The van der Waals surface area contributed by atoms with Crippen molar-refractivity contribution < 1.29 is 13.2 Å². The second-order valence-electron chi connectivity index (χ2n) is 7.01. The largest absolute Gasteiger partial charge is 0.382 e. The normalized spacial score (nSPS) is 12.4. The second kappa shape index (κ2) is 9.07. The van der Waals surface area contributed by atoms with Gasteiger partial charge in [-0.05, 0) is 50.0 Å². The Labute approximate surface area is 181 Å². The first-order valence-electron chi connectivity index (χ1n) is 9.34. The van der Waals surface area contributed by atoms with E-state index in [9.17, 15) is 13.2 Å². The van der Waals surface area contributed by atoms with Crippen LogP contribution < -0.4 is 11.1 Å². The van der Waals surface area contributed by atoms with Gasteiger partial charge >= 0.3 is 0 Å². The Bertz CT molecular complexity index is 1190. The van der Waals surface area contributed by atoms with E-state index in [0.717, 1.165) is 5.56 Å². The van der Waals surface area contributed by atoms with Crippen molar-refractivity contribution >= 4 is 27.2 Å². The molecule has 0 bridgehead atoms. The van der Waals surface area contributed by atoms with E-state index in [0.29, 0.717) is 16.8 Å². The Morgan fingerprint density at radius 3 is 2.45 bits per heavy atom. The summed E-state index contributed by atoms with van der Waals surface area (Å²) in [6.07, 6.45) is 5.98. The van der Waals surface area contributed by atoms with Crippen molar-refractivity contribution in [2.45, 2.75) is 10.3 Å². The molecule has 160 valence electrons. The van der Waals surface area contributed by atoms with Crippen molar-refractivity contribution in [1.82, 2.24) is 14.9 Å². The smallest absolute Gasteiger partial charge is 0.257 e. The lowest BCUT2D eigenvalue weighted by Gasteiger charge is -2.21. The van der Waals surface area contributed by atoms with E-state index in [1.165, 1.54) is 24.4 Å². The van der Waals surface area contributed by atoms with Crippen LogP contribution in [0.1, 0.15) is 10.4 Å². The number of aromatic nitrogens is 2. The van der Waals surface area contributed by atoms with Crippen molar-refractivity contribution in [2.24, 2.45) is 0 Å². The first kappa shape index (κ1) is 22.1. The molecule has 2 aromatic heterocycles. The van der Waals surface area contributed by atoms with E-state index >= 15 is 0 Å². The number of hydrogen-bond acceptors (Lipinski definition) is 7. The number of hydrogen-bond donors (Lipinski definition) is 2. The molecule has 3 aromatic rings.